The number of carbonyl (C=O) groups is 3. The van der Waals surface area contributed by atoms with E-state index < -0.39 is 18.1 Å². The molecule has 3 atom stereocenters. The summed E-state index contributed by atoms with van der Waals surface area (Å²) in [6.45, 7) is 0.181. The van der Waals surface area contributed by atoms with Crippen molar-refractivity contribution in [3.8, 4) is 11.1 Å². The summed E-state index contributed by atoms with van der Waals surface area (Å²) >= 11 is 1.59. The molecule has 0 aromatic heterocycles. The zero-order valence-corrected chi connectivity index (χ0v) is 20.7. The number of carboxylic acids is 1. The number of fused-ring (bicyclic) bond motifs is 3. The quantitative estimate of drug-likeness (QED) is 0.450. The first-order valence-electron chi connectivity index (χ1n) is 12.1. The summed E-state index contributed by atoms with van der Waals surface area (Å²) in [6, 6.07) is 15.4. The van der Waals surface area contributed by atoms with Crippen LogP contribution in [0.3, 0.4) is 0 Å². The first-order valence-corrected chi connectivity index (χ1v) is 13.5. The number of carboxylic acid groups (broad SMARTS) is 1. The number of carbonyl (C=O) groups excluding carboxylic acids is 2. The third kappa shape index (κ3) is 5.99. The second kappa shape index (κ2) is 11.6. The standard InChI is InChI=1S/C27H32N2O5S/c1-35-14-13-24(26(32)28-23-12-6-7-17(23)15-25(30)31)29-27(33)34-16-22-20-10-4-2-8-18(20)19-9-3-5-11-21(19)22/h2-5,8-11,17,22-24H,6-7,12-16H2,1H3,(H,28,32)(H,29,33)(H,30,31)/t17-,23+,24?/m0/s1. The highest BCUT2D eigenvalue weighted by Crippen LogP contribution is 2.44. The summed E-state index contributed by atoms with van der Waals surface area (Å²) < 4.78 is 5.63. The van der Waals surface area contributed by atoms with E-state index in [0.29, 0.717) is 12.2 Å². The monoisotopic (exact) mass is 496 g/mol. The van der Waals surface area contributed by atoms with Crippen LogP contribution in [0, 0.1) is 5.92 Å². The molecule has 4 rings (SSSR count). The number of ether oxygens (including phenoxy) is 1. The van der Waals surface area contributed by atoms with Gasteiger partial charge in [0.05, 0.1) is 6.42 Å². The third-order valence-corrected chi connectivity index (χ3v) is 7.63. The Labute approximate surface area is 210 Å². The van der Waals surface area contributed by atoms with Gasteiger partial charge in [-0.05, 0) is 59.4 Å². The van der Waals surface area contributed by atoms with Crippen LogP contribution in [0.5, 0.6) is 0 Å². The summed E-state index contributed by atoms with van der Waals surface area (Å²) in [5.41, 5.74) is 4.57. The summed E-state index contributed by atoms with van der Waals surface area (Å²) in [4.78, 5) is 36.9. The van der Waals surface area contributed by atoms with E-state index >= 15 is 0 Å². The van der Waals surface area contributed by atoms with E-state index in [4.69, 9.17) is 9.84 Å². The molecule has 8 heteroatoms. The van der Waals surface area contributed by atoms with Crippen LogP contribution in [0.1, 0.15) is 49.1 Å². The van der Waals surface area contributed by atoms with Crippen LogP contribution < -0.4 is 10.6 Å². The van der Waals surface area contributed by atoms with Crippen molar-refractivity contribution in [3.05, 3.63) is 59.7 Å². The van der Waals surface area contributed by atoms with Crippen molar-refractivity contribution in [2.24, 2.45) is 5.92 Å². The predicted molar refractivity (Wildman–Crippen MR) is 137 cm³/mol. The molecule has 0 spiro atoms. The second-order valence-electron chi connectivity index (χ2n) is 9.21. The number of hydrogen-bond acceptors (Lipinski definition) is 5. The molecule has 0 aliphatic heterocycles. The summed E-state index contributed by atoms with van der Waals surface area (Å²) in [5, 5.41) is 14.9. The van der Waals surface area contributed by atoms with E-state index in [-0.39, 0.29) is 36.8 Å². The van der Waals surface area contributed by atoms with Gasteiger partial charge in [0.1, 0.15) is 12.6 Å². The van der Waals surface area contributed by atoms with Gasteiger partial charge in [-0.15, -0.1) is 0 Å². The zero-order valence-electron chi connectivity index (χ0n) is 19.9. The van der Waals surface area contributed by atoms with Crippen molar-refractivity contribution < 1.29 is 24.2 Å². The Bertz CT molecular complexity index is 1030. The van der Waals surface area contributed by atoms with Gasteiger partial charge in [0.25, 0.3) is 0 Å². The Kier molecular flexibility index (Phi) is 8.33. The number of aliphatic carboxylic acids is 1. The minimum Gasteiger partial charge on any atom is -0.481 e. The van der Waals surface area contributed by atoms with Gasteiger partial charge in [-0.25, -0.2) is 4.79 Å². The number of alkyl carbamates (subject to hydrolysis) is 1. The second-order valence-corrected chi connectivity index (χ2v) is 10.2. The fourth-order valence-corrected chi connectivity index (χ4v) is 5.74. The molecule has 0 bridgehead atoms. The van der Waals surface area contributed by atoms with E-state index in [9.17, 15) is 14.4 Å². The molecular weight excluding hydrogens is 464 g/mol. The van der Waals surface area contributed by atoms with Crippen LogP contribution in [0.4, 0.5) is 4.79 Å². The molecule has 1 fully saturated rings. The van der Waals surface area contributed by atoms with Crippen LogP contribution in [0.25, 0.3) is 11.1 Å². The van der Waals surface area contributed by atoms with E-state index in [1.54, 1.807) is 11.8 Å². The number of benzene rings is 2. The van der Waals surface area contributed by atoms with Crippen LogP contribution in [0.15, 0.2) is 48.5 Å². The maximum atomic E-state index is 13.0. The average Bonchev–Trinajstić information content (AvgIpc) is 3.41. The maximum absolute atomic E-state index is 13.0. The molecule has 0 radical (unpaired) electrons. The van der Waals surface area contributed by atoms with Gasteiger partial charge in [-0.1, -0.05) is 55.0 Å². The van der Waals surface area contributed by atoms with Gasteiger partial charge >= 0.3 is 12.1 Å². The van der Waals surface area contributed by atoms with Gasteiger partial charge in [0.2, 0.25) is 5.91 Å². The van der Waals surface area contributed by atoms with Crippen LogP contribution in [-0.4, -0.2) is 53.8 Å². The average molecular weight is 497 g/mol. The first kappa shape index (κ1) is 25.1. The lowest BCUT2D eigenvalue weighted by atomic mass is 9.98. The summed E-state index contributed by atoms with van der Waals surface area (Å²) in [7, 11) is 0. The lowest BCUT2D eigenvalue weighted by molar-refractivity contribution is -0.138. The highest BCUT2D eigenvalue weighted by Gasteiger charge is 2.33. The van der Waals surface area contributed by atoms with Gasteiger partial charge in [-0.3, -0.25) is 9.59 Å². The van der Waals surface area contributed by atoms with Gasteiger partial charge in [0, 0.05) is 12.0 Å². The van der Waals surface area contributed by atoms with Crippen molar-refractivity contribution in [2.45, 2.75) is 50.1 Å². The fraction of sp³-hybridized carbons (Fsp3) is 0.444. The maximum Gasteiger partial charge on any atom is 0.407 e. The first-order chi connectivity index (χ1) is 17.0. The molecule has 2 aromatic rings. The number of thioether (sulfide) groups is 1. The molecule has 7 nitrogen and oxygen atoms in total. The molecule has 1 saturated carbocycles. The molecule has 2 aliphatic rings. The summed E-state index contributed by atoms with van der Waals surface area (Å²) in [5.74, 6) is -0.569. The molecule has 2 amide bonds. The van der Waals surface area contributed by atoms with Crippen LogP contribution in [-0.2, 0) is 14.3 Å². The van der Waals surface area contributed by atoms with Gasteiger partial charge < -0.3 is 20.5 Å². The number of amides is 2. The smallest absolute Gasteiger partial charge is 0.407 e. The Morgan fingerprint density at radius 3 is 2.34 bits per heavy atom. The number of nitrogens with one attached hydrogen (secondary N) is 2. The van der Waals surface area contributed by atoms with E-state index in [1.165, 1.54) is 0 Å². The largest absolute Gasteiger partial charge is 0.481 e. The van der Waals surface area contributed by atoms with E-state index in [1.807, 2.05) is 30.5 Å². The Morgan fingerprint density at radius 2 is 1.71 bits per heavy atom. The third-order valence-electron chi connectivity index (χ3n) is 6.99. The lowest BCUT2D eigenvalue weighted by Crippen LogP contribution is -2.51. The summed E-state index contributed by atoms with van der Waals surface area (Å²) in [6.07, 6.45) is 4.26. The molecule has 2 aliphatic carbocycles. The Hall–Kier alpha value is -3.00. The molecule has 2 aromatic carbocycles. The van der Waals surface area contributed by atoms with Crippen molar-refractivity contribution in [2.75, 3.05) is 18.6 Å². The van der Waals surface area contributed by atoms with Crippen molar-refractivity contribution in [1.82, 2.24) is 10.6 Å². The van der Waals surface area contributed by atoms with E-state index in [0.717, 1.165) is 41.5 Å². The van der Waals surface area contributed by atoms with E-state index in [2.05, 4.69) is 34.9 Å². The number of hydrogen-bond donors (Lipinski definition) is 3. The van der Waals surface area contributed by atoms with Gasteiger partial charge in [0.15, 0.2) is 0 Å². The molecule has 0 saturated heterocycles. The Morgan fingerprint density at radius 1 is 1.06 bits per heavy atom. The van der Waals surface area contributed by atoms with Crippen molar-refractivity contribution in [3.63, 3.8) is 0 Å². The molecule has 186 valence electrons. The topological polar surface area (TPSA) is 105 Å². The minimum atomic E-state index is -0.855. The van der Waals surface area contributed by atoms with Gasteiger partial charge in [-0.2, -0.15) is 11.8 Å². The number of rotatable bonds is 10. The molecule has 3 N–H and O–H groups in total. The predicted octanol–water partition coefficient (Wildman–Crippen LogP) is 4.41. The molecule has 0 heterocycles. The Balaban J connectivity index is 1.37. The lowest BCUT2D eigenvalue weighted by Gasteiger charge is -2.24. The highest BCUT2D eigenvalue weighted by molar-refractivity contribution is 7.98. The van der Waals surface area contributed by atoms with Crippen molar-refractivity contribution >= 4 is 29.7 Å². The highest BCUT2D eigenvalue weighted by atomic mass is 32.2. The fourth-order valence-electron chi connectivity index (χ4n) is 5.27. The molecular formula is C27H32N2O5S. The van der Waals surface area contributed by atoms with Crippen LogP contribution in [0.2, 0.25) is 0 Å². The molecule has 35 heavy (non-hydrogen) atoms. The minimum absolute atomic E-state index is 0.0419. The molecule has 1 unspecified atom stereocenters. The van der Waals surface area contributed by atoms with Crippen LogP contribution >= 0.6 is 11.8 Å². The normalized spacial score (nSPS) is 19.5. The SMILES string of the molecule is CSCCC(NC(=O)OCC1c2ccccc2-c2ccccc21)C(=O)N[C@@H]1CCC[C@H]1CC(=O)O. The zero-order chi connectivity index (χ0) is 24.8. The van der Waals surface area contributed by atoms with Crippen molar-refractivity contribution in [1.29, 1.82) is 0 Å².